The molecule has 0 radical (unpaired) electrons. The number of hydrogen-bond donors (Lipinski definition) is 2. The number of methoxy groups -OCH3 is 6. The molecule has 0 saturated heterocycles. The van der Waals surface area contributed by atoms with Crippen LogP contribution in [0, 0.1) is 0 Å². The van der Waals surface area contributed by atoms with Gasteiger partial charge >= 0.3 is 0 Å². The summed E-state index contributed by atoms with van der Waals surface area (Å²) in [6.45, 7) is 0.880. The van der Waals surface area contributed by atoms with Crippen molar-refractivity contribution in [3.63, 3.8) is 0 Å². The Morgan fingerprint density at radius 2 is 0.853 bits per heavy atom. The Hall–Kier alpha value is -3.82. The summed E-state index contributed by atoms with van der Waals surface area (Å²) in [6.07, 6.45) is 1.34. The molecular weight excluding hydrogens is 444 g/mol. The molecule has 0 spiro atoms. The summed E-state index contributed by atoms with van der Waals surface area (Å²) in [5, 5.41) is 5.70. The topological polar surface area (TPSA) is 114 Å². The number of carbonyl (C=O) groups excluding carboxylic acids is 2. The van der Waals surface area contributed by atoms with Gasteiger partial charge in [0.15, 0.2) is 23.0 Å². The first-order valence-corrected chi connectivity index (χ1v) is 10.6. The van der Waals surface area contributed by atoms with Crippen LogP contribution < -0.4 is 39.1 Å². The molecule has 0 aliphatic rings. The average molecular weight is 477 g/mol. The average Bonchev–Trinajstić information content (AvgIpc) is 2.88. The highest BCUT2D eigenvalue weighted by molar-refractivity contribution is 5.96. The Balaban J connectivity index is 1.85. The maximum atomic E-state index is 12.5. The zero-order valence-corrected chi connectivity index (χ0v) is 20.4. The van der Waals surface area contributed by atoms with E-state index in [0.717, 1.165) is 0 Å². The summed E-state index contributed by atoms with van der Waals surface area (Å²) in [6, 6.07) is 6.37. The third kappa shape index (κ3) is 6.37. The first-order chi connectivity index (χ1) is 16.4. The van der Waals surface area contributed by atoms with Crippen molar-refractivity contribution in [3.05, 3.63) is 35.4 Å². The fraction of sp³-hybridized carbons (Fsp3) is 0.417. The highest BCUT2D eigenvalue weighted by atomic mass is 16.5. The van der Waals surface area contributed by atoms with Crippen LogP contribution in [0.2, 0.25) is 0 Å². The van der Waals surface area contributed by atoms with E-state index in [1.807, 2.05) is 0 Å². The number of benzene rings is 2. The monoisotopic (exact) mass is 476 g/mol. The zero-order chi connectivity index (χ0) is 25.1. The van der Waals surface area contributed by atoms with Crippen molar-refractivity contribution in [1.29, 1.82) is 0 Å². The van der Waals surface area contributed by atoms with E-state index in [2.05, 4.69) is 10.6 Å². The largest absolute Gasteiger partial charge is 0.493 e. The van der Waals surface area contributed by atoms with E-state index in [9.17, 15) is 9.59 Å². The van der Waals surface area contributed by atoms with Crippen molar-refractivity contribution in [1.82, 2.24) is 10.6 Å². The molecule has 0 unspecified atom stereocenters. The van der Waals surface area contributed by atoms with Gasteiger partial charge in [0.25, 0.3) is 11.8 Å². The Labute approximate surface area is 199 Å². The number of rotatable bonds is 13. The number of nitrogens with one attached hydrogen (secondary N) is 2. The maximum absolute atomic E-state index is 12.5. The minimum absolute atomic E-state index is 0.263. The highest BCUT2D eigenvalue weighted by Crippen LogP contribution is 2.39. The molecule has 0 saturated carbocycles. The number of ether oxygens (including phenoxy) is 6. The predicted molar refractivity (Wildman–Crippen MR) is 126 cm³/mol. The van der Waals surface area contributed by atoms with Crippen LogP contribution in [0.5, 0.6) is 34.5 Å². The van der Waals surface area contributed by atoms with Gasteiger partial charge in [0.05, 0.1) is 42.7 Å². The van der Waals surface area contributed by atoms with E-state index in [1.165, 1.54) is 42.7 Å². The number of unbranched alkanes of at least 4 members (excludes halogenated alkanes) is 1. The second-order valence-corrected chi connectivity index (χ2v) is 7.05. The summed E-state index contributed by atoms with van der Waals surface area (Å²) < 4.78 is 31.7. The van der Waals surface area contributed by atoms with Gasteiger partial charge in [-0.1, -0.05) is 0 Å². The van der Waals surface area contributed by atoms with Crippen molar-refractivity contribution in [2.45, 2.75) is 12.8 Å². The zero-order valence-electron chi connectivity index (χ0n) is 20.4. The van der Waals surface area contributed by atoms with Crippen molar-refractivity contribution < 1.29 is 38.0 Å². The Kier molecular flexibility index (Phi) is 10.1. The molecule has 0 fully saturated rings. The van der Waals surface area contributed by atoms with Crippen LogP contribution in [0.4, 0.5) is 0 Å². The molecule has 0 aromatic heterocycles. The third-order valence-corrected chi connectivity index (χ3v) is 5.03. The maximum Gasteiger partial charge on any atom is 0.251 e. The third-order valence-electron chi connectivity index (χ3n) is 5.03. The van der Waals surface area contributed by atoms with Crippen LogP contribution in [-0.4, -0.2) is 67.6 Å². The minimum Gasteiger partial charge on any atom is -0.493 e. The van der Waals surface area contributed by atoms with Crippen molar-refractivity contribution in [3.8, 4) is 34.5 Å². The molecule has 0 atom stereocenters. The van der Waals surface area contributed by atoms with Gasteiger partial charge in [0, 0.05) is 24.2 Å². The van der Waals surface area contributed by atoms with Crippen molar-refractivity contribution in [2.75, 3.05) is 55.7 Å². The molecule has 2 N–H and O–H groups in total. The fourth-order valence-corrected chi connectivity index (χ4v) is 3.28. The van der Waals surface area contributed by atoms with Crippen LogP contribution in [-0.2, 0) is 0 Å². The molecule has 10 heteroatoms. The molecule has 10 nitrogen and oxygen atoms in total. The number of hydrogen-bond acceptors (Lipinski definition) is 8. The van der Waals surface area contributed by atoms with Gasteiger partial charge in [0.2, 0.25) is 11.5 Å². The Morgan fingerprint density at radius 1 is 0.559 bits per heavy atom. The van der Waals surface area contributed by atoms with Gasteiger partial charge < -0.3 is 39.1 Å². The van der Waals surface area contributed by atoms with E-state index in [0.29, 0.717) is 71.6 Å². The lowest BCUT2D eigenvalue weighted by molar-refractivity contribution is 0.0939. The van der Waals surface area contributed by atoms with Crippen LogP contribution in [0.25, 0.3) is 0 Å². The normalized spacial score (nSPS) is 10.2. The first kappa shape index (κ1) is 26.4. The Morgan fingerprint density at radius 3 is 1.09 bits per heavy atom. The van der Waals surface area contributed by atoms with Gasteiger partial charge in [-0.05, 0) is 37.1 Å². The smallest absolute Gasteiger partial charge is 0.251 e. The molecular formula is C24H32N2O8. The van der Waals surface area contributed by atoms with Crippen molar-refractivity contribution >= 4 is 11.8 Å². The standard InChI is InChI=1S/C24H32N2O8/c1-29-17-11-15(12-18(30-2)21(17)33-5)23(27)25-9-7-8-10-26-24(28)16-13-19(31-3)22(34-6)20(14-16)32-4/h11-14H,7-10H2,1-6H3,(H,25,27)(H,26,28). The van der Waals surface area contributed by atoms with Crippen LogP contribution in [0.1, 0.15) is 33.6 Å². The molecule has 0 aliphatic carbocycles. The molecule has 34 heavy (non-hydrogen) atoms. The minimum atomic E-state index is -0.263. The van der Waals surface area contributed by atoms with Gasteiger partial charge in [-0.15, -0.1) is 0 Å². The van der Waals surface area contributed by atoms with Gasteiger partial charge in [-0.25, -0.2) is 0 Å². The highest BCUT2D eigenvalue weighted by Gasteiger charge is 2.18. The van der Waals surface area contributed by atoms with Crippen LogP contribution in [0.3, 0.4) is 0 Å². The molecule has 2 rings (SSSR count). The lowest BCUT2D eigenvalue weighted by Crippen LogP contribution is -2.27. The number of amides is 2. The van der Waals surface area contributed by atoms with Crippen molar-refractivity contribution in [2.24, 2.45) is 0 Å². The van der Waals surface area contributed by atoms with E-state index < -0.39 is 0 Å². The molecule has 0 bridgehead atoms. The first-order valence-electron chi connectivity index (χ1n) is 10.6. The van der Waals surface area contributed by atoms with Crippen LogP contribution in [0.15, 0.2) is 24.3 Å². The molecule has 0 heterocycles. The fourth-order valence-electron chi connectivity index (χ4n) is 3.28. The van der Waals surface area contributed by atoms with E-state index in [-0.39, 0.29) is 11.8 Å². The summed E-state index contributed by atoms with van der Waals surface area (Å²) in [5.41, 5.74) is 0.787. The lowest BCUT2D eigenvalue weighted by atomic mass is 10.1. The van der Waals surface area contributed by atoms with E-state index in [4.69, 9.17) is 28.4 Å². The molecule has 2 aromatic carbocycles. The van der Waals surface area contributed by atoms with Gasteiger partial charge in [-0.3, -0.25) is 9.59 Å². The summed E-state index contributed by atoms with van der Waals surface area (Å²) in [7, 11) is 8.97. The van der Waals surface area contributed by atoms with Crippen LogP contribution >= 0.6 is 0 Å². The second kappa shape index (κ2) is 13.0. The second-order valence-electron chi connectivity index (χ2n) is 7.05. The SMILES string of the molecule is COc1cc(C(=O)NCCCCNC(=O)c2cc(OC)c(OC)c(OC)c2)cc(OC)c1OC. The molecule has 0 aliphatic heterocycles. The molecule has 2 amide bonds. The number of carbonyl (C=O) groups is 2. The van der Waals surface area contributed by atoms with Gasteiger partial charge in [-0.2, -0.15) is 0 Å². The summed E-state index contributed by atoms with van der Waals surface area (Å²) in [4.78, 5) is 25.0. The Bertz CT molecular complexity index is 863. The van der Waals surface area contributed by atoms with E-state index >= 15 is 0 Å². The predicted octanol–water partition coefficient (Wildman–Crippen LogP) is 2.68. The summed E-state index contributed by atoms with van der Waals surface area (Å²) in [5.74, 6) is 1.93. The van der Waals surface area contributed by atoms with E-state index in [1.54, 1.807) is 24.3 Å². The molecule has 186 valence electrons. The summed E-state index contributed by atoms with van der Waals surface area (Å²) >= 11 is 0. The lowest BCUT2D eigenvalue weighted by Gasteiger charge is -2.14. The molecule has 2 aromatic rings. The quantitative estimate of drug-likeness (QED) is 0.424. The van der Waals surface area contributed by atoms with Gasteiger partial charge in [0.1, 0.15) is 0 Å².